The van der Waals surface area contributed by atoms with Crippen molar-refractivity contribution in [2.45, 2.75) is 11.0 Å². The third kappa shape index (κ3) is 4.17. The van der Waals surface area contributed by atoms with Crippen molar-refractivity contribution < 1.29 is 18.3 Å². The van der Waals surface area contributed by atoms with Crippen LogP contribution in [0.4, 0.5) is 11.4 Å². The summed E-state index contributed by atoms with van der Waals surface area (Å²) in [5, 5.41) is 12.4. The molecule has 0 saturated carbocycles. The SMILES string of the molecule is COCC(O)CNc1ccc(S(C)(=O)=O)cc1N. The maximum Gasteiger partial charge on any atom is 0.175 e. The zero-order chi connectivity index (χ0) is 13.8. The highest BCUT2D eigenvalue weighted by Gasteiger charge is 2.10. The van der Waals surface area contributed by atoms with E-state index in [1.165, 1.54) is 19.2 Å². The van der Waals surface area contributed by atoms with Crippen LogP contribution in [0.15, 0.2) is 23.1 Å². The van der Waals surface area contributed by atoms with E-state index < -0.39 is 15.9 Å². The summed E-state index contributed by atoms with van der Waals surface area (Å²) in [6.07, 6.45) is 0.473. The average molecular weight is 274 g/mol. The van der Waals surface area contributed by atoms with E-state index in [0.29, 0.717) is 11.4 Å². The number of sulfone groups is 1. The highest BCUT2D eigenvalue weighted by Crippen LogP contribution is 2.22. The summed E-state index contributed by atoms with van der Waals surface area (Å²) < 4.78 is 27.4. The maximum absolute atomic E-state index is 11.3. The summed E-state index contributed by atoms with van der Waals surface area (Å²) in [6.45, 7) is 0.491. The quantitative estimate of drug-likeness (QED) is 0.636. The van der Waals surface area contributed by atoms with Crippen LogP contribution < -0.4 is 11.1 Å². The van der Waals surface area contributed by atoms with Gasteiger partial charge in [-0.1, -0.05) is 0 Å². The first kappa shape index (κ1) is 14.7. The van der Waals surface area contributed by atoms with Crippen molar-refractivity contribution in [2.75, 3.05) is 37.6 Å². The molecule has 0 aliphatic rings. The fourth-order valence-corrected chi connectivity index (χ4v) is 2.07. The lowest BCUT2D eigenvalue weighted by Crippen LogP contribution is -2.24. The van der Waals surface area contributed by atoms with Gasteiger partial charge in [0.25, 0.3) is 0 Å². The monoisotopic (exact) mass is 274 g/mol. The van der Waals surface area contributed by atoms with E-state index >= 15 is 0 Å². The van der Waals surface area contributed by atoms with Crippen molar-refractivity contribution in [3.05, 3.63) is 18.2 Å². The highest BCUT2D eigenvalue weighted by atomic mass is 32.2. The van der Waals surface area contributed by atoms with Crippen LogP contribution in [-0.4, -0.2) is 46.1 Å². The Morgan fingerprint density at radius 1 is 1.50 bits per heavy atom. The van der Waals surface area contributed by atoms with Crippen molar-refractivity contribution >= 4 is 21.2 Å². The zero-order valence-electron chi connectivity index (χ0n) is 10.4. The minimum atomic E-state index is -3.26. The Labute approximate surface area is 107 Å². The van der Waals surface area contributed by atoms with Crippen molar-refractivity contribution in [3.8, 4) is 0 Å². The molecule has 1 aromatic carbocycles. The van der Waals surface area contributed by atoms with Crippen molar-refractivity contribution in [1.29, 1.82) is 0 Å². The van der Waals surface area contributed by atoms with E-state index in [9.17, 15) is 13.5 Å². The van der Waals surface area contributed by atoms with Crippen LogP contribution in [0.25, 0.3) is 0 Å². The molecule has 102 valence electrons. The van der Waals surface area contributed by atoms with Gasteiger partial charge in [-0.2, -0.15) is 0 Å². The van der Waals surface area contributed by atoms with E-state index in [1.807, 2.05) is 0 Å². The average Bonchev–Trinajstić information content (AvgIpc) is 2.26. The minimum absolute atomic E-state index is 0.169. The molecule has 0 spiro atoms. The summed E-state index contributed by atoms with van der Waals surface area (Å²) >= 11 is 0. The Morgan fingerprint density at radius 3 is 2.67 bits per heavy atom. The van der Waals surface area contributed by atoms with Gasteiger partial charge in [0.05, 0.1) is 29.0 Å². The van der Waals surface area contributed by atoms with Crippen molar-refractivity contribution in [1.82, 2.24) is 0 Å². The predicted molar refractivity (Wildman–Crippen MR) is 70.3 cm³/mol. The van der Waals surface area contributed by atoms with E-state index in [1.54, 1.807) is 6.07 Å². The Kier molecular flexibility index (Phi) is 4.94. The largest absolute Gasteiger partial charge is 0.397 e. The van der Waals surface area contributed by atoms with Crippen LogP contribution in [0, 0.1) is 0 Å². The molecule has 6 nitrogen and oxygen atoms in total. The molecular formula is C11H18N2O4S. The number of nitrogen functional groups attached to an aromatic ring is 1. The lowest BCUT2D eigenvalue weighted by Gasteiger charge is -2.14. The summed E-state index contributed by atoms with van der Waals surface area (Å²) in [7, 11) is -1.76. The topological polar surface area (TPSA) is 102 Å². The number of hydrogen-bond donors (Lipinski definition) is 3. The molecule has 0 bridgehead atoms. The molecule has 0 saturated heterocycles. The first-order valence-electron chi connectivity index (χ1n) is 5.35. The molecule has 0 aliphatic heterocycles. The summed E-state index contributed by atoms with van der Waals surface area (Å²) in [5.74, 6) is 0. The first-order chi connectivity index (χ1) is 8.34. The van der Waals surface area contributed by atoms with Crippen LogP contribution in [0.2, 0.25) is 0 Å². The lowest BCUT2D eigenvalue weighted by molar-refractivity contribution is 0.0728. The van der Waals surface area contributed by atoms with E-state index in [-0.39, 0.29) is 18.0 Å². The van der Waals surface area contributed by atoms with Gasteiger partial charge in [0.1, 0.15) is 0 Å². The normalized spacial score (nSPS) is 13.3. The molecular weight excluding hydrogens is 256 g/mol. The number of methoxy groups -OCH3 is 1. The summed E-state index contributed by atoms with van der Waals surface area (Å²) in [4.78, 5) is 0.169. The second-order valence-electron chi connectivity index (χ2n) is 4.01. The Morgan fingerprint density at radius 2 is 2.17 bits per heavy atom. The number of aliphatic hydroxyl groups excluding tert-OH is 1. The molecule has 1 atom stereocenters. The van der Waals surface area contributed by atoms with Gasteiger partial charge in [-0.15, -0.1) is 0 Å². The van der Waals surface area contributed by atoms with Crippen LogP contribution in [0.3, 0.4) is 0 Å². The van der Waals surface area contributed by atoms with Gasteiger partial charge in [-0.05, 0) is 18.2 Å². The van der Waals surface area contributed by atoms with Gasteiger partial charge in [0.15, 0.2) is 9.84 Å². The Hall–Kier alpha value is -1.31. The third-order valence-electron chi connectivity index (χ3n) is 2.34. The summed E-state index contributed by atoms with van der Waals surface area (Å²) in [6, 6.07) is 4.43. The zero-order valence-corrected chi connectivity index (χ0v) is 11.2. The molecule has 18 heavy (non-hydrogen) atoms. The minimum Gasteiger partial charge on any atom is -0.397 e. The second kappa shape index (κ2) is 6.03. The van der Waals surface area contributed by atoms with Gasteiger partial charge in [0.2, 0.25) is 0 Å². The van der Waals surface area contributed by atoms with Gasteiger partial charge >= 0.3 is 0 Å². The standard InChI is InChI=1S/C11H18N2O4S/c1-17-7-8(14)6-13-11-4-3-9(5-10(11)12)18(2,15)16/h3-5,8,13-14H,6-7,12H2,1-2H3. The summed E-state index contributed by atoms with van der Waals surface area (Å²) in [5.41, 5.74) is 6.64. The van der Waals surface area contributed by atoms with E-state index in [4.69, 9.17) is 10.5 Å². The van der Waals surface area contributed by atoms with Crippen molar-refractivity contribution in [2.24, 2.45) is 0 Å². The third-order valence-corrected chi connectivity index (χ3v) is 3.45. The predicted octanol–water partition coefficient (Wildman–Crippen LogP) is 0.0915. The van der Waals surface area contributed by atoms with E-state index in [0.717, 1.165) is 6.26 Å². The number of ether oxygens (including phenoxy) is 1. The number of aliphatic hydroxyl groups is 1. The Balaban J connectivity index is 2.75. The van der Waals surface area contributed by atoms with Crippen LogP contribution in [0.1, 0.15) is 0 Å². The number of nitrogens with one attached hydrogen (secondary N) is 1. The molecule has 0 aliphatic carbocycles. The Bertz CT molecular complexity index is 502. The molecule has 0 fully saturated rings. The lowest BCUT2D eigenvalue weighted by atomic mass is 10.2. The van der Waals surface area contributed by atoms with Crippen LogP contribution >= 0.6 is 0 Å². The molecule has 0 radical (unpaired) electrons. The van der Waals surface area contributed by atoms with Gasteiger partial charge in [-0.3, -0.25) is 0 Å². The van der Waals surface area contributed by atoms with Gasteiger partial charge in [0, 0.05) is 19.9 Å². The van der Waals surface area contributed by atoms with Gasteiger partial charge in [-0.25, -0.2) is 8.42 Å². The fraction of sp³-hybridized carbons (Fsp3) is 0.455. The first-order valence-corrected chi connectivity index (χ1v) is 7.24. The number of benzene rings is 1. The molecule has 1 aromatic rings. The molecule has 0 amide bonds. The van der Waals surface area contributed by atoms with Crippen LogP contribution in [-0.2, 0) is 14.6 Å². The van der Waals surface area contributed by atoms with Crippen molar-refractivity contribution in [3.63, 3.8) is 0 Å². The maximum atomic E-state index is 11.3. The molecule has 4 N–H and O–H groups in total. The molecule has 1 rings (SSSR count). The number of anilines is 2. The number of rotatable bonds is 6. The highest BCUT2D eigenvalue weighted by molar-refractivity contribution is 7.90. The smallest absolute Gasteiger partial charge is 0.175 e. The van der Waals surface area contributed by atoms with Crippen LogP contribution in [0.5, 0.6) is 0 Å². The second-order valence-corrected chi connectivity index (χ2v) is 6.03. The van der Waals surface area contributed by atoms with E-state index in [2.05, 4.69) is 5.32 Å². The number of hydrogen-bond acceptors (Lipinski definition) is 6. The molecule has 1 unspecified atom stereocenters. The molecule has 0 heterocycles. The fourth-order valence-electron chi connectivity index (χ4n) is 1.41. The number of nitrogens with two attached hydrogens (primary N) is 1. The van der Waals surface area contributed by atoms with Gasteiger partial charge < -0.3 is 20.9 Å². The molecule has 0 aromatic heterocycles. The molecule has 7 heteroatoms.